The second-order valence-corrected chi connectivity index (χ2v) is 10.6. The second kappa shape index (κ2) is 8.81. The van der Waals surface area contributed by atoms with Crippen LogP contribution in [0.25, 0.3) is 11.2 Å². The van der Waals surface area contributed by atoms with E-state index >= 15 is 0 Å². The minimum Gasteiger partial charge on any atom is -0.493 e. The minimum atomic E-state index is -0.406. The molecule has 0 unspecified atom stereocenters. The number of ether oxygens (including phenoxy) is 1. The molecule has 10 heteroatoms. The summed E-state index contributed by atoms with van der Waals surface area (Å²) < 4.78 is 8.94. The van der Waals surface area contributed by atoms with Crippen LogP contribution in [0.3, 0.4) is 0 Å². The normalized spacial score (nSPS) is 13.3. The Bertz CT molecular complexity index is 1140. The van der Waals surface area contributed by atoms with Crippen molar-refractivity contribution in [1.29, 1.82) is 0 Å². The van der Waals surface area contributed by atoms with Crippen molar-refractivity contribution < 1.29 is 9.53 Å². The molecule has 164 valence electrons. The van der Waals surface area contributed by atoms with Crippen LogP contribution < -0.4 is 15.8 Å². The molecular weight excluding hydrogens is 527 g/mol. The number of carbonyl (C=O) groups excluding carboxylic acids is 1. The van der Waals surface area contributed by atoms with Crippen LogP contribution in [0.5, 0.6) is 5.75 Å². The van der Waals surface area contributed by atoms with Crippen molar-refractivity contribution in [2.45, 2.75) is 50.2 Å². The Hall–Kier alpha value is -2.08. The highest BCUT2D eigenvalue weighted by atomic mass is 127. The van der Waals surface area contributed by atoms with Gasteiger partial charge in [-0.3, -0.25) is 4.79 Å². The predicted octanol–water partition coefficient (Wildman–Crippen LogP) is 3.65. The third-order valence-electron chi connectivity index (χ3n) is 5.00. The Morgan fingerprint density at radius 3 is 2.94 bits per heavy atom. The lowest BCUT2D eigenvalue weighted by Gasteiger charge is -2.17. The van der Waals surface area contributed by atoms with E-state index in [0.29, 0.717) is 30.1 Å². The topological polar surface area (TPSA) is 108 Å². The molecule has 3 N–H and O–H groups in total. The first-order valence-electron chi connectivity index (χ1n) is 10.1. The van der Waals surface area contributed by atoms with Crippen LogP contribution in [0.2, 0.25) is 0 Å². The third-order valence-corrected chi connectivity index (χ3v) is 7.31. The predicted molar refractivity (Wildman–Crippen MR) is 129 cm³/mol. The zero-order chi connectivity index (χ0) is 22.2. The quantitative estimate of drug-likeness (QED) is 0.355. The number of amides is 1. The van der Waals surface area contributed by atoms with Crippen LogP contribution in [0, 0.1) is 8.99 Å². The summed E-state index contributed by atoms with van der Waals surface area (Å²) in [5.74, 6) is 1.34. The highest BCUT2D eigenvalue weighted by Crippen LogP contribution is 2.38. The van der Waals surface area contributed by atoms with Gasteiger partial charge in [-0.15, -0.1) is 0 Å². The van der Waals surface area contributed by atoms with Crippen LogP contribution in [-0.2, 0) is 17.8 Å². The van der Waals surface area contributed by atoms with Crippen molar-refractivity contribution in [1.82, 2.24) is 24.8 Å². The zero-order valence-corrected chi connectivity index (χ0v) is 20.7. The lowest BCUT2D eigenvalue weighted by molar-refractivity contribution is -0.128. The SMILES string of the molecule is CC(C)(C)C(=O)NCCCn1c(Sc2cc3c(cc2I)CCO3)nc2c(N)ncnc21. The van der Waals surface area contributed by atoms with Crippen LogP contribution in [0.1, 0.15) is 32.8 Å². The summed E-state index contributed by atoms with van der Waals surface area (Å²) in [7, 11) is 0. The molecule has 3 aromatic rings. The second-order valence-electron chi connectivity index (χ2n) is 8.43. The zero-order valence-electron chi connectivity index (χ0n) is 17.7. The average Bonchev–Trinajstić information content (AvgIpc) is 3.29. The van der Waals surface area contributed by atoms with Crippen molar-refractivity contribution in [3.8, 4) is 5.75 Å². The Morgan fingerprint density at radius 2 is 2.16 bits per heavy atom. The minimum absolute atomic E-state index is 0.0388. The van der Waals surface area contributed by atoms with E-state index < -0.39 is 5.41 Å². The van der Waals surface area contributed by atoms with Gasteiger partial charge in [0.05, 0.1) is 6.61 Å². The van der Waals surface area contributed by atoms with Crippen LogP contribution in [-0.4, -0.2) is 38.6 Å². The van der Waals surface area contributed by atoms with Gasteiger partial charge in [0.2, 0.25) is 5.91 Å². The fourth-order valence-electron chi connectivity index (χ4n) is 3.27. The Morgan fingerprint density at radius 1 is 1.35 bits per heavy atom. The van der Waals surface area contributed by atoms with Crippen LogP contribution in [0.4, 0.5) is 5.82 Å². The summed E-state index contributed by atoms with van der Waals surface area (Å²) in [6, 6.07) is 4.26. The summed E-state index contributed by atoms with van der Waals surface area (Å²) in [6.45, 7) is 7.67. The molecule has 4 rings (SSSR count). The summed E-state index contributed by atoms with van der Waals surface area (Å²) in [5, 5.41) is 3.79. The highest BCUT2D eigenvalue weighted by Gasteiger charge is 2.22. The highest BCUT2D eigenvalue weighted by molar-refractivity contribution is 14.1. The van der Waals surface area contributed by atoms with Crippen molar-refractivity contribution in [2.24, 2.45) is 5.41 Å². The molecule has 0 spiro atoms. The first-order valence-corrected chi connectivity index (χ1v) is 12.0. The fraction of sp³-hybridized carbons (Fsp3) is 0.429. The molecule has 0 bridgehead atoms. The fourth-order valence-corrected chi connectivity index (χ4v) is 5.08. The van der Waals surface area contributed by atoms with Gasteiger partial charge in [0.15, 0.2) is 22.1 Å². The van der Waals surface area contributed by atoms with Gasteiger partial charge in [0.25, 0.3) is 0 Å². The molecule has 1 aliphatic rings. The molecule has 0 atom stereocenters. The number of imidazole rings is 1. The van der Waals surface area contributed by atoms with Crippen LogP contribution >= 0.6 is 34.4 Å². The maximum atomic E-state index is 12.1. The Kier molecular flexibility index (Phi) is 6.29. The van der Waals surface area contributed by atoms with Gasteiger partial charge in [-0.05, 0) is 46.7 Å². The molecule has 8 nitrogen and oxygen atoms in total. The molecule has 31 heavy (non-hydrogen) atoms. The third kappa shape index (κ3) is 4.74. The number of nitrogen functional groups attached to an aromatic ring is 1. The van der Waals surface area contributed by atoms with Gasteiger partial charge in [-0.2, -0.15) is 0 Å². The summed E-state index contributed by atoms with van der Waals surface area (Å²) >= 11 is 3.92. The summed E-state index contributed by atoms with van der Waals surface area (Å²) in [6.07, 6.45) is 3.15. The average molecular weight is 552 g/mol. The van der Waals surface area contributed by atoms with Gasteiger partial charge < -0.3 is 20.4 Å². The van der Waals surface area contributed by atoms with Gasteiger partial charge in [-0.25, -0.2) is 15.0 Å². The number of nitrogens with zero attached hydrogens (tertiary/aromatic N) is 4. The van der Waals surface area contributed by atoms with Crippen molar-refractivity contribution in [2.75, 3.05) is 18.9 Å². The van der Waals surface area contributed by atoms with Gasteiger partial charge >= 0.3 is 0 Å². The number of carbonyl (C=O) groups is 1. The standard InChI is InChI=1S/C21H25IN6O2S/c1-21(2,3)19(29)24-6-4-7-28-18-16(17(23)25-11-26-18)27-20(28)31-15-10-14-12(5-8-30-14)9-13(15)22/h9-11H,4-8H2,1-3H3,(H,24,29)(H2,23,25,26). The molecule has 1 aromatic carbocycles. The number of benzene rings is 1. The van der Waals surface area contributed by atoms with Gasteiger partial charge in [0, 0.05) is 33.4 Å². The largest absolute Gasteiger partial charge is 0.493 e. The lowest BCUT2D eigenvalue weighted by atomic mass is 9.96. The lowest BCUT2D eigenvalue weighted by Crippen LogP contribution is -2.35. The maximum absolute atomic E-state index is 12.1. The summed E-state index contributed by atoms with van der Waals surface area (Å²) in [5.41, 5.74) is 8.19. The maximum Gasteiger partial charge on any atom is 0.225 e. The van der Waals surface area contributed by atoms with E-state index in [1.165, 1.54) is 11.9 Å². The van der Waals surface area contributed by atoms with Crippen LogP contribution in [0.15, 0.2) is 28.5 Å². The van der Waals surface area contributed by atoms with Crippen molar-refractivity contribution in [3.63, 3.8) is 0 Å². The molecule has 0 radical (unpaired) electrons. The van der Waals surface area contributed by atoms with E-state index in [0.717, 1.165) is 38.8 Å². The number of aryl methyl sites for hydroxylation is 1. The van der Waals surface area contributed by atoms with E-state index in [-0.39, 0.29) is 5.91 Å². The summed E-state index contributed by atoms with van der Waals surface area (Å²) in [4.78, 5) is 26.5. The van der Waals surface area contributed by atoms with Crippen molar-refractivity contribution >= 4 is 57.2 Å². The first-order chi connectivity index (χ1) is 14.7. The molecule has 0 saturated heterocycles. The Balaban J connectivity index is 1.58. The number of nitrogens with two attached hydrogens (primary N) is 1. The van der Waals surface area contributed by atoms with E-state index in [4.69, 9.17) is 15.5 Å². The number of anilines is 1. The molecule has 1 amide bonds. The molecular formula is C21H25IN6O2S. The molecule has 2 aromatic heterocycles. The van der Waals surface area contributed by atoms with Crippen molar-refractivity contribution in [3.05, 3.63) is 27.6 Å². The number of halogens is 1. The number of hydrogen-bond donors (Lipinski definition) is 2. The number of hydrogen-bond acceptors (Lipinski definition) is 7. The van der Waals surface area contributed by atoms with Gasteiger partial charge in [0.1, 0.15) is 12.1 Å². The Labute approximate surface area is 198 Å². The number of nitrogens with one attached hydrogen (secondary N) is 1. The number of rotatable bonds is 6. The van der Waals surface area contributed by atoms with Gasteiger partial charge in [-0.1, -0.05) is 32.5 Å². The number of fused-ring (bicyclic) bond motifs is 2. The monoisotopic (exact) mass is 552 g/mol. The number of aromatic nitrogens is 4. The van der Waals surface area contributed by atoms with E-state index in [2.05, 4.69) is 50.0 Å². The first kappa shape index (κ1) is 22.1. The van der Waals surface area contributed by atoms with E-state index in [1.54, 1.807) is 11.8 Å². The van der Waals surface area contributed by atoms with E-state index in [1.807, 2.05) is 25.3 Å². The van der Waals surface area contributed by atoms with E-state index in [9.17, 15) is 4.79 Å². The molecule has 0 fully saturated rings. The molecule has 1 aliphatic heterocycles. The molecule has 0 saturated carbocycles. The molecule has 3 heterocycles. The smallest absolute Gasteiger partial charge is 0.225 e. The molecule has 0 aliphatic carbocycles.